The monoisotopic (exact) mass is 471 g/mol. The third-order valence-corrected chi connectivity index (χ3v) is 5.27. The van der Waals surface area contributed by atoms with Crippen LogP contribution < -0.4 is 5.73 Å². The van der Waals surface area contributed by atoms with Gasteiger partial charge in [-0.1, -0.05) is 24.8 Å². The van der Waals surface area contributed by atoms with Crippen molar-refractivity contribution < 1.29 is 28.2 Å². The Morgan fingerprint density at radius 2 is 1.88 bits per heavy atom. The minimum absolute atomic E-state index is 0.0256. The number of nitrogens with two attached hydrogens (primary N) is 1. The largest absolute Gasteiger partial charge is 0.416 e. The van der Waals surface area contributed by atoms with E-state index in [9.17, 15) is 28.2 Å². The van der Waals surface area contributed by atoms with Crippen LogP contribution in [0.3, 0.4) is 0 Å². The number of aliphatic hydroxyl groups is 2. The van der Waals surface area contributed by atoms with Gasteiger partial charge in [0.05, 0.1) is 17.9 Å². The van der Waals surface area contributed by atoms with Crippen LogP contribution in [-0.4, -0.2) is 39.1 Å². The first-order chi connectivity index (χ1) is 16.0. The topological polar surface area (TPSA) is 101 Å². The number of allylic oxidation sites excluding steroid dienone is 2. The number of benzene rings is 2. The third-order valence-electron chi connectivity index (χ3n) is 5.27. The summed E-state index contributed by atoms with van der Waals surface area (Å²) < 4.78 is 40.3. The van der Waals surface area contributed by atoms with E-state index in [0.29, 0.717) is 17.7 Å². The lowest BCUT2D eigenvalue weighted by atomic mass is 10.0. The molecule has 1 aromatic heterocycles. The van der Waals surface area contributed by atoms with E-state index in [0.717, 1.165) is 28.6 Å². The van der Waals surface area contributed by atoms with E-state index in [2.05, 4.69) is 11.6 Å². The van der Waals surface area contributed by atoms with Gasteiger partial charge in [0.25, 0.3) is 5.91 Å². The molecule has 0 unspecified atom stereocenters. The van der Waals surface area contributed by atoms with Crippen LogP contribution >= 0.6 is 0 Å². The highest BCUT2D eigenvalue weighted by Gasteiger charge is 2.29. The third kappa shape index (κ3) is 5.81. The van der Waals surface area contributed by atoms with Crippen LogP contribution in [-0.2, 0) is 17.5 Å². The number of carbonyl (C=O) groups excluding carboxylic acids is 1. The van der Waals surface area contributed by atoms with Gasteiger partial charge in [0.2, 0.25) is 0 Å². The van der Waals surface area contributed by atoms with E-state index >= 15 is 0 Å². The summed E-state index contributed by atoms with van der Waals surface area (Å²) in [6.45, 7) is 5.19. The Labute approximate surface area is 194 Å². The van der Waals surface area contributed by atoms with Crippen molar-refractivity contribution in [3.05, 3.63) is 89.8 Å². The fraction of sp³-hybridized carbons (Fsp3) is 0.200. The highest BCUT2D eigenvalue weighted by Crippen LogP contribution is 2.29. The summed E-state index contributed by atoms with van der Waals surface area (Å²) >= 11 is 0. The Bertz CT molecular complexity index is 1270. The minimum Gasteiger partial charge on any atom is -0.393 e. The maximum Gasteiger partial charge on any atom is 0.416 e. The molecule has 178 valence electrons. The molecule has 0 bridgehead atoms. The molecule has 1 heterocycles. The van der Waals surface area contributed by atoms with E-state index in [1.165, 1.54) is 25.1 Å². The first-order valence-electron chi connectivity index (χ1n) is 10.3. The first-order valence-corrected chi connectivity index (χ1v) is 10.3. The average molecular weight is 471 g/mol. The van der Waals surface area contributed by atoms with Gasteiger partial charge in [-0.2, -0.15) is 13.2 Å². The molecule has 0 fully saturated rings. The number of nitrogens with zero attached hydrogens (tertiary/aromatic N) is 2. The molecule has 1 amide bonds. The number of primary amides is 1. The van der Waals surface area contributed by atoms with Gasteiger partial charge in [-0.3, -0.25) is 4.79 Å². The first kappa shape index (κ1) is 24.9. The second-order valence-electron chi connectivity index (χ2n) is 7.77. The van der Waals surface area contributed by atoms with Crippen molar-refractivity contribution in [2.24, 2.45) is 10.7 Å². The summed E-state index contributed by atoms with van der Waals surface area (Å²) in [6.07, 6.45) is -2.39. The average Bonchev–Trinajstić information content (AvgIpc) is 3.19. The zero-order valence-electron chi connectivity index (χ0n) is 18.4. The number of aliphatic imine (C=N–C) groups is 1. The number of carbonyl (C=O) groups is 1. The maximum atomic E-state index is 12.8. The summed E-state index contributed by atoms with van der Waals surface area (Å²) in [6, 6.07) is 12.4. The molecule has 4 N–H and O–H groups in total. The molecule has 3 aromatic rings. The van der Waals surface area contributed by atoms with E-state index in [1.54, 1.807) is 6.07 Å². The van der Waals surface area contributed by atoms with E-state index in [1.807, 2.05) is 29.0 Å². The number of halogens is 3. The van der Waals surface area contributed by atoms with E-state index in [-0.39, 0.29) is 11.4 Å². The van der Waals surface area contributed by atoms with Crippen LogP contribution in [0, 0.1) is 0 Å². The van der Waals surface area contributed by atoms with Gasteiger partial charge >= 0.3 is 6.18 Å². The van der Waals surface area contributed by atoms with Crippen molar-refractivity contribution >= 4 is 28.1 Å². The molecule has 0 radical (unpaired) electrons. The maximum absolute atomic E-state index is 12.8. The SMILES string of the molecule is C=C(/C=C(\N=C(C)C(N)=O)[C@H](O)CO)c1ccc2c(ccn2Cc2ccc(C(F)(F)F)cc2)c1. The molecule has 1 atom stereocenters. The number of rotatable bonds is 8. The van der Waals surface area contributed by atoms with E-state index in [4.69, 9.17) is 5.73 Å². The Kier molecular flexibility index (Phi) is 7.38. The molecule has 0 saturated carbocycles. The van der Waals surface area contributed by atoms with Crippen LogP contribution in [0.25, 0.3) is 16.5 Å². The highest BCUT2D eigenvalue weighted by molar-refractivity contribution is 6.37. The lowest BCUT2D eigenvalue weighted by Crippen LogP contribution is -2.22. The summed E-state index contributed by atoms with van der Waals surface area (Å²) in [7, 11) is 0. The lowest BCUT2D eigenvalue weighted by molar-refractivity contribution is -0.137. The number of alkyl halides is 3. The Balaban J connectivity index is 1.86. The zero-order valence-corrected chi connectivity index (χ0v) is 18.4. The summed E-state index contributed by atoms with van der Waals surface area (Å²) in [4.78, 5) is 15.3. The quantitative estimate of drug-likeness (QED) is 0.343. The highest BCUT2D eigenvalue weighted by atomic mass is 19.4. The molecule has 3 rings (SSSR count). The normalized spacial score (nSPS) is 13.8. The van der Waals surface area contributed by atoms with Crippen molar-refractivity contribution in [3.8, 4) is 0 Å². The lowest BCUT2D eigenvalue weighted by Gasteiger charge is -2.11. The minimum atomic E-state index is -4.37. The van der Waals surface area contributed by atoms with Crippen LogP contribution in [0.4, 0.5) is 13.2 Å². The molecular formula is C25H24F3N3O3. The second kappa shape index (κ2) is 10.1. The number of aromatic nitrogens is 1. The molecule has 6 nitrogen and oxygen atoms in total. The molecule has 0 aliphatic carbocycles. The standard InChI is InChI=1S/C25H24F3N3O3/c1-15(11-21(23(33)14-32)30-16(2)24(29)34)18-5-8-22-19(12-18)9-10-31(22)13-17-3-6-20(7-4-17)25(26,27)28/h3-12,23,32-33H,1,13-14H2,2H3,(H2,29,34)/b21-11-,30-16?/t23-/m1/s1. The predicted octanol–water partition coefficient (Wildman–Crippen LogP) is 3.90. The number of amides is 1. The van der Waals surface area contributed by atoms with E-state index < -0.39 is 30.4 Å². The number of fused-ring (bicyclic) bond motifs is 1. The predicted molar refractivity (Wildman–Crippen MR) is 125 cm³/mol. The van der Waals surface area contributed by atoms with Crippen molar-refractivity contribution in [3.63, 3.8) is 0 Å². The van der Waals surface area contributed by atoms with Gasteiger partial charge in [0.15, 0.2) is 0 Å². The Morgan fingerprint density at radius 3 is 2.47 bits per heavy atom. The molecular weight excluding hydrogens is 447 g/mol. The zero-order chi connectivity index (χ0) is 25.0. The van der Waals surface area contributed by atoms with Crippen molar-refractivity contribution in [2.75, 3.05) is 6.61 Å². The van der Waals surface area contributed by atoms with Crippen molar-refractivity contribution in [1.29, 1.82) is 0 Å². The van der Waals surface area contributed by atoms with Crippen LogP contribution in [0.15, 0.2) is 78.1 Å². The summed E-state index contributed by atoms with van der Waals surface area (Å²) in [5, 5.41) is 20.2. The fourth-order valence-electron chi connectivity index (χ4n) is 3.34. The molecule has 2 aromatic carbocycles. The molecule has 0 saturated heterocycles. The molecule has 0 aliphatic heterocycles. The molecule has 0 aliphatic rings. The summed E-state index contributed by atoms with van der Waals surface area (Å²) in [5.74, 6) is -0.752. The molecule has 0 spiro atoms. The molecule has 9 heteroatoms. The number of aliphatic hydroxyl groups excluding tert-OH is 2. The van der Waals surface area contributed by atoms with Gasteiger partial charge in [0.1, 0.15) is 11.8 Å². The van der Waals surface area contributed by atoms with Gasteiger partial charge in [-0.05, 0) is 60.0 Å². The van der Waals surface area contributed by atoms with Crippen molar-refractivity contribution in [1.82, 2.24) is 4.57 Å². The number of hydrogen-bond donors (Lipinski definition) is 3. The fourth-order valence-corrected chi connectivity index (χ4v) is 3.34. The van der Waals surface area contributed by atoms with Crippen molar-refractivity contribution in [2.45, 2.75) is 25.7 Å². The van der Waals surface area contributed by atoms with Gasteiger partial charge in [0, 0.05) is 23.6 Å². The molecule has 34 heavy (non-hydrogen) atoms. The van der Waals surface area contributed by atoms with Gasteiger partial charge < -0.3 is 20.5 Å². The summed E-state index contributed by atoms with van der Waals surface area (Å²) in [5.41, 5.74) is 7.34. The van der Waals surface area contributed by atoms with Crippen LogP contribution in [0.2, 0.25) is 0 Å². The smallest absolute Gasteiger partial charge is 0.393 e. The Morgan fingerprint density at radius 1 is 1.21 bits per heavy atom. The van der Waals surface area contributed by atoms with Gasteiger partial charge in [-0.25, -0.2) is 4.99 Å². The number of hydrogen-bond acceptors (Lipinski definition) is 4. The van der Waals surface area contributed by atoms with Crippen LogP contribution in [0.1, 0.15) is 23.6 Å². The second-order valence-corrected chi connectivity index (χ2v) is 7.77. The Hall–Kier alpha value is -3.69. The van der Waals surface area contributed by atoms with Gasteiger partial charge in [-0.15, -0.1) is 0 Å². The van der Waals surface area contributed by atoms with Crippen LogP contribution in [0.5, 0.6) is 0 Å².